The number of hydrogen-bond acceptors (Lipinski definition) is 4. The van der Waals surface area contributed by atoms with Gasteiger partial charge in [-0.05, 0) is 30.3 Å². The molecule has 2 aromatic rings. The van der Waals surface area contributed by atoms with Gasteiger partial charge >= 0.3 is 5.97 Å². The lowest BCUT2D eigenvalue weighted by Gasteiger charge is -2.07. The summed E-state index contributed by atoms with van der Waals surface area (Å²) in [5.74, 6) is -6.70. The molecule has 2 rings (SSSR count). The number of halogens is 3. The minimum atomic E-state index is -1.70. The highest BCUT2D eigenvalue weighted by Gasteiger charge is 2.14. The van der Waals surface area contributed by atoms with E-state index in [-0.39, 0.29) is 11.3 Å². The molecule has 0 saturated carbocycles. The number of carboxylic acid groups (broad SMARTS) is 1. The van der Waals surface area contributed by atoms with Gasteiger partial charge in [-0.2, -0.15) is 5.26 Å². The van der Waals surface area contributed by atoms with Crippen LogP contribution < -0.4 is 10.6 Å². The van der Waals surface area contributed by atoms with Gasteiger partial charge in [0.05, 0.1) is 11.3 Å². The summed E-state index contributed by atoms with van der Waals surface area (Å²) < 4.78 is 39.6. The summed E-state index contributed by atoms with van der Waals surface area (Å²) >= 11 is 0. The molecule has 0 unspecified atom stereocenters. The second-order valence-corrected chi connectivity index (χ2v) is 4.88. The Labute approximate surface area is 145 Å². The van der Waals surface area contributed by atoms with E-state index in [2.05, 4.69) is 10.6 Å². The van der Waals surface area contributed by atoms with Crippen molar-refractivity contribution in [2.45, 2.75) is 0 Å². The molecule has 1 amide bonds. The van der Waals surface area contributed by atoms with Crippen molar-refractivity contribution in [1.29, 1.82) is 5.26 Å². The predicted octanol–water partition coefficient (Wildman–Crippen LogP) is 3.26. The number of rotatable bonds is 5. The number of nitriles is 1. The zero-order valence-corrected chi connectivity index (χ0v) is 12.9. The van der Waals surface area contributed by atoms with Gasteiger partial charge < -0.3 is 15.7 Å². The van der Waals surface area contributed by atoms with Crippen LogP contribution in [0.15, 0.2) is 48.2 Å². The summed E-state index contributed by atoms with van der Waals surface area (Å²) in [5, 5.41) is 22.4. The third-order valence-electron chi connectivity index (χ3n) is 3.14. The van der Waals surface area contributed by atoms with Crippen LogP contribution in [0.1, 0.15) is 10.4 Å². The number of carbonyl (C=O) groups excluding carboxylic acids is 1. The Hall–Kier alpha value is -3.80. The maximum Gasteiger partial charge on any atom is 0.335 e. The van der Waals surface area contributed by atoms with E-state index < -0.39 is 40.6 Å². The normalized spacial score (nSPS) is 10.8. The van der Waals surface area contributed by atoms with Gasteiger partial charge in [-0.3, -0.25) is 4.79 Å². The Morgan fingerprint density at radius 3 is 2.50 bits per heavy atom. The van der Waals surface area contributed by atoms with Gasteiger partial charge in [-0.1, -0.05) is 6.07 Å². The van der Waals surface area contributed by atoms with Crippen molar-refractivity contribution in [2.24, 2.45) is 0 Å². The van der Waals surface area contributed by atoms with Crippen molar-refractivity contribution in [3.8, 4) is 6.07 Å². The monoisotopic (exact) mass is 361 g/mol. The standard InChI is InChI=1S/C17H10F3N3O3/c18-12-4-5-13(15(20)14(12)19)22-8-10(7-21)16(24)23-11-3-1-2-9(6-11)17(25)26/h1-6,8,22H,(H,23,24)(H,25,26)/b10-8-. The molecule has 0 aliphatic heterocycles. The molecule has 3 N–H and O–H groups in total. The van der Waals surface area contributed by atoms with Crippen LogP contribution in [0, 0.1) is 28.8 Å². The van der Waals surface area contributed by atoms with Crippen molar-refractivity contribution in [2.75, 3.05) is 10.6 Å². The van der Waals surface area contributed by atoms with E-state index in [0.29, 0.717) is 6.07 Å². The van der Waals surface area contributed by atoms with Gasteiger partial charge in [0.15, 0.2) is 17.5 Å². The zero-order valence-electron chi connectivity index (χ0n) is 12.9. The second-order valence-electron chi connectivity index (χ2n) is 4.88. The van der Waals surface area contributed by atoms with Gasteiger partial charge in [-0.15, -0.1) is 0 Å². The summed E-state index contributed by atoms with van der Waals surface area (Å²) in [7, 11) is 0. The molecule has 0 bridgehead atoms. The van der Waals surface area contributed by atoms with Crippen LogP contribution in [-0.4, -0.2) is 17.0 Å². The summed E-state index contributed by atoms with van der Waals surface area (Å²) in [6.45, 7) is 0. The summed E-state index contributed by atoms with van der Waals surface area (Å²) in [6.07, 6.45) is 0.812. The number of aromatic carboxylic acids is 1. The van der Waals surface area contributed by atoms with Crippen LogP contribution in [0.25, 0.3) is 0 Å². The fourth-order valence-electron chi connectivity index (χ4n) is 1.86. The van der Waals surface area contributed by atoms with Crippen molar-refractivity contribution in [3.63, 3.8) is 0 Å². The fraction of sp³-hybridized carbons (Fsp3) is 0. The highest BCUT2D eigenvalue weighted by molar-refractivity contribution is 6.07. The number of anilines is 2. The van der Waals surface area contributed by atoms with Gasteiger partial charge in [-0.25, -0.2) is 18.0 Å². The molecule has 0 fully saturated rings. The fourth-order valence-corrected chi connectivity index (χ4v) is 1.86. The number of nitrogens with zero attached hydrogens (tertiary/aromatic N) is 1. The van der Waals surface area contributed by atoms with Crippen molar-refractivity contribution in [3.05, 3.63) is 71.2 Å². The Bertz CT molecular complexity index is 952. The third kappa shape index (κ3) is 4.18. The average Bonchev–Trinajstić information content (AvgIpc) is 2.62. The Balaban J connectivity index is 2.18. The molecule has 0 aliphatic rings. The molecule has 0 aliphatic carbocycles. The highest BCUT2D eigenvalue weighted by Crippen LogP contribution is 2.20. The number of amides is 1. The third-order valence-corrected chi connectivity index (χ3v) is 3.14. The Morgan fingerprint density at radius 2 is 1.85 bits per heavy atom. The van der Waals surface area contributed by atoms with E-state index in [1.165, 1.54) is 24.3 Å². The van der Waals surface area contributed by atoms with E-state index in [0.717, 1.165) is 12.3 Å². The molecule has 132 valence electrons. The molecule has 9 heteroatoms. The van der Waals surface area contributed by atoms with Crippen LogP contribution in [0.3, 0.4) is 0 Å². The zero-order chi connectivity index (χ0) is 19.3. The maximum atomic E-state index is 13.5. The van der Waals surface area contributed by atoms with E-state index in [4.69, 9.17) is 10.4 Å². The number of hydrogen-bond donors (Lipinski definition) is 3. The van der Waals surface area contributed by atoms with E-state index in [1.54, 1.807) is 6.07 Å². The maximum absolute atomic E-state index is 13.5. The van der Waals surface area contributed by atoms with E-state index in [9.17, 15) is 22.8 Å². The van der Waals surface area contributed by atoms with Crippen LogP contribution >= 0.6 is 0 Å². The molecule has 0 atom stereocenters. The first-order chi connectivity index (χ1) is 12.3. The Kier molecular flexibility index (Phi) is 5.60. The number of carbonyl (C=O) groups is 2. The van der Waals surface area contributed by atoms with Crippen molar-refractivity contribution in [1.82, 2.24) is 0 Å². The second kappa shape index (κ2) is 7.85. The molecule has 0 radical (unpaired) electrons. The SMILES string of the molecule is N#C/C(=C/Nc1ccc(F)c(F)c1F)C(=O)Nc1cccc(C(=O)O)c1. The molecule has 0 saturated heterocycles. The molecule has 0 heterocycles. The van der Waals surface area contributed by atoms with Crippen molar-refractivity contribution < 1.29 is 27.9 Å². The minimum absolute atomic E-state index is 0.0766. The quantitative estimate of drug-likeness (QED) is 0.431. The Morgan fingerprint density at radius 1 is 1.12 bits per heavy atom. The van der Waals surface area contributed by atoms with Crippen molar-refractivity contribution >= 4 is 23.3 Å². The van der Waals surface area contributed by atoms with E-state index >= 15 is 0 Å². The van der Waals surface area contributed by atoms with E-state index in [1.807, 2.05) is 0 Å². The summed E-state index contributed by atoms with van der Waals surface area (Å²) in [6, 6.07) is 8.42. The number of nitrogens with one attached hydrogen (secondary N) is 2. The molecule has 0 aromatic heterocycles. The van der Waals surface area contributed by atoms with Gasteiger partial charge in [0, 0.05) is 11.9 Å². The molecule has 2 aromatic carbocycles. The summed E-state index contributed by atoms with van der Waals surface area (Å²) in [5.41, 5.74) is -0.936. The highest BCUT2D eigenvalue weighted by atomic mass is 19.2. The number of benzene rings is 2. The van der Waals surface area contributed by atoms with Gasteiger partial charge in [0.25, 0.3) is 5.91 Å². The van der Waals surface area contributed by atoms with Gasteiger partial charge in [0.1, 0.15) is 11.6 Å². The first-order valence-corrected chi connectivity index (χ1v) is 6.98. The predicted molar refractivity (Wildman–Crippen MR) is 85.7 cm³/mol. The van der Waals surface area contributed by atoms with Crippen LogP contribution in [0.2, 0.25) is 0 Å². The first-order valence-electron chi connectivity index (χ1n) is 6.98. The smallest absolute Gasteiger partial charge is 0.335 e. The largest absolute Gasteiger partial charge is 0.478 e. The molecule has 0 spiro atoms. The van der Waals surface area contributed by atoms with Crippen LogP contribution in [0.4, 0.5) is 24.5 Å². The van der Waals surface area contributed by atoms with Crippen LogP contribution in [-0.2, 0) is 4.79 Å². The molecular weight excluding hydrogens is 351 g/mol. The average molecular weight is 361 g/mol. The van der Waals surface area contributed by atoms with Crippen LogP contribution in [0.5, 0.6) is 0 Å². The minimum Gasteiger partial charge on any atom is -0.478 e. The molecule has 26 heavy (non-hydrogen) atoms. The first kappa shape index (κ1) is 18.5. The lowest BCUT2D eigenvalue weighted by atomic mass is 10.2. The lowest BCUT2D eigenvalue weighted by molar-refractivity contribution is -0.112. The van der Waals surface area contributed by atoms with Gasteiger partial charge in [0.2, 0.25) is 0 Å². The topological polar surface area (TPSA) is 102 Å². The lowest BCUT2D eigenvalue weighted by Crippen LogP contribution is -2.15. The molecule has 6 nitrogen and oxygen atoms in total. The number of carboxylic acids is 1. The molecular formula is C17H10F3N3O3. The summed E-state index contributed by atoms with van der Waals surface area (Å²) in [4.78, 5) is 22.9.